The highest BCUT2D eigenvalue weighted by atomic mass is 16.5. The first-order valence-corrected chi connectivity index (χ1v) is 5.56. The number of aromatic nitrogens is 1. The molecule has 18 heavy (non-hydrogen) atoms. The summed E-state index contributed by atoms with van der Waals surface area (Å²) in [5.41, 5.74) is 1.72. The van der Waals surface area contributed by atoms with Crippen molar-refractivity contribution in [3.05, 3.63) is 53.7 Å². The number of rotatable bonds is 5. The second kappa shape index (κ2) is 5.97. The molecule has 0 bridgehead atoms. The summed E-state index contributed by atoms with van der Waals surface area (Å²) in [4.78, 5) is 15.6. The van der Waals surface area contributed by atoms with E-state index >= 15 is 0 Å². The number of esters is 1. The average molecular weight is 246 g/mol. The van der Waals surface area contributed by atoms with E-state index in [1.807, 2.05) is 18.2 Å². The molecule has 2 rings (SSSR count). The van der Waals surface area contributed by atoms with E-state index in [-0.39, 0.29) is 5.76 Å². The molecule has 2 aromatic rings. The largest absolute Gasteiger partial charge is 0.463 e. The Bertz CT molecular complexity index is 508. The summed E-state index contributed by atoms with van der Waals surface area (Å²) in [5, 5.41) is 3.19. The normalized spacial score (nSPS) is 10.3. The van der Waals surface area contributed by atoms with Gasteiger partial charge in [-0.25, -0.2) is 4.79 Å². The van der Waals surface area contributed by atoms with E-state index in [9.17, 15) is 4.79 Å². The van der Waals surface area contributed by atoms with E-state index in [4.69, 9.17) is 4.42 Å². The van der Waals surface area contributed by atoms with Crippen LogP contribution in [0.4, 0.5) is 0 Å². The van der Waals surface area contributed by atoms with Crippen molar-refractivity contribution in [1.29, 1.82) is 0 Å². The monoisotopic (exact) mass is 246 g/mol. The lowest BCUT2D eigenvalue weighted by Gasteiger charge is -2.04. The second-order valence-corrected chi connectivity index (χ2v) is 3.69. The smallest absolute Gasteiger partial charge is 0.374 e. The number of ether oxygens (including phenoxy) is 1. The number of nitrogens with zero attached hydrogens (tertiary/aromatic N) is 1. The minimum absolute atomic E-state index is 0.242. The molecule has 5 nitrogen and oxygen atoms in total. The zero-order valence-electron chi connectivity index (χ0n) is 10.1. The van der Waals surface area contributed by atoms with E-state index in [1.165, 1.54) is 13.4 Å². The Morgan fingerprint density at radius 2 is 2.28 bits per heavy atom. The first-order valence-electron chi connectivity index (χ1n) is 5.56. The number of carbonyl (C=O) groups is 1. The minimum Gasteiger partial charge on any atom is -0.463 e. The van der Waals surface area contributed by atoms with Gasteiger partial charge in [0.15, 0.2) is 0 Å². The predicted octanol–water partition coefficient (Wildman–Crippen LogP) is 1.75. The maximum Gasteiger partial charge on any atom is 0.374 e. The molecule has 0 saturated heterocycles. The lowest BCUT2D eigenvalue weighted by Crippen LogP contribution is -2.15. The zero-order chi connectivity index (χ0) is 12.8. The fraction of sp³-hybridized carbons (Fsp3) is 0.231. The number of carbonyl (C=O) groups excluding carboxylic acids is 1. The zero-order valence-corrected chi connectivity index (χ0v) is 10.1. The summed E-state index contributed by atoms with van der Waals surface area (Å²) < 4.78 is 9.72. The summed E-state index contributed by atoms with van der Waals surface area (Å²) in [5.74, 6) is -0.222. The molecule has 5 heteroatoms. The van der Waals surface area contributed by atoms with Gasteiger partial charge in [-0.15, -0.1) is 0 Å². The maximum absolute atomic E-state index is 11.4. The topological polar surface area (TPSA) is 64.4 Å². The summed E-state index contributed by atoms with van der Waals surface area (Å²) in [6.07, 6.45) is 3.22. The van der Waals surface area contributed by atoms with Gasteiger partial charge in [0.1, 0.15) is 0 Å². The molecule has 1 N–H and O–H groups in total. The standard InChI is InChI=1S/C13H14N2O3/c1-17-13(16)12-10(5-7-18-12)8-14-9-11-4-2-3-6-15-11/h2-7,14H,8-9H2,1H3. The summed E-state index contributed by atoms with van der Waals surface area (Å²) in [7, 11) is 1.33. The molecular formula is C13H14N2O3. The van der Waals surface area contributed by atoms with E-state index < -0.39 is 5.97 Å². The van der Waals surface area contributed by atoms with Crippen LogP contribution in [0.2, 0.25) is 0 Å². The van der Waals surface area contributed by atoms with Gasteiger partial charge in [0.25, 0.3) is 0 Å². The van der Waals surface area contributed by atoms with Gasteiger partial charge in [-0.3, -0.25) is 4.98 Å². The molecule has 0 unspecified atom stereocenters. The van der Waals surface area contributed by atoms with Crippen LogP contribution in [0, 0.1) is 0 Å². The van der Waals surface area contributed by atoms with Crippen LogP contribution in [0.3, 0.4) is 0 Å². The Hall–Kier alpha value is -2.14. The molecule has 0 aromatic carbocycles. The molecule has 0 fully saturated rings. The third-order valence-corrected chi connectivity index (χ3v) is 2.47. The minimum atomic E-state index is -0.463. The van der Waals surface area contributed by atoms with Crippen LogP contribution in [0.15, 0.2) is 41.1 Å². The van der Waals surface area contributed by atoms with Crippen LogP contribution in [0.5, 0.6) is 0 Å². The van der Waals surface area contributed by atoms with Gasteiger partial charge in [0.2, 0.25) is 5.76 Å². The third kappa shape index (κ3) is 2.95. The number of nitrogens with one attached hydrogen (secondary N) is 1. The van der Waals surface area contributed by atoms with Crippen LogP contribution >= 0.6 is 0 Å². The van der Waals surface area contributed by atoms with Crippen molar-refractivity contribution >= 4 is 5.97 Å². The number of hydrogen-bond acceptors (Lipinski definition) is 5. The summed E-state index contributed by atoms with van der Waals surface area (Å²) >= 11 is 0. The van der Waals surface area contributed by atoms with Gasteiger partial charge in [-0.1, -0.05) is 6.07 Å². The maximum atomic E-state index is 11.4. The molecule has 0 radical (unpaired) electrons. The van der Waals surface area contributed by atoms with Crippen LogP contribution in [-0.2, 0) is 17.8 Å². The van der Waals surface area contributed by atoms with Crippen LogP contribution in [0.25, 0.3) is 0 Å². The Labute approximate surface area is 105 Å². The predicted molar refractivity (Wildman–Crippen MR) is 64.8 cm³/mol. The average Bonchev–Trinajstić information content (AvgIpc) is 2.87. The highest BCUT2D eigenvalue weighted by Gasteiger charge is 2.14. The van der Waals surface area contributed by atoms with Gasteiger partial charge < -0.3 is 14.5 Å². The molecular weight excluding hydrogens is 232 g/mol. The van der Waals surface area contributed by atoms with Crippen molar-refractivity contribution < 1.29 is 13.9 Å². The van der Waals surface area contributed by atoms with Crippen LogP contribution in [-0.4, -0.2) is 18.1 Å². The highest BCUT2D eigenvalue weighted by molar-refractivity contribution is 5.87. The fourth-order valence-corrected chi connectivity index (χ4v) is 1.57. The van der Waals surface area contributed by atoms with Crippen molar-refractivity contribution in [3.63, 3.8) is 0 Å². The number of methoxy groups -OCH3 is 1. The first kappa shape index (κ1) is 12.3. The van der Waals surface area contributed by atoms with E-state index in [2.05, 4.69) is 15.0 Å². The molecule has 94 valence electrons. The van der Waals surface area contributed by atoms with E-state index in [1.54, 1.807) is 12.3 Å². The SMILES string of the molecule is COC(=O)c1occc1CNCc1ccccn1. The fourth-order valence-electron chi connectivity index (χ4n) is 1.57. The lowest BCUT2D eigenvalue weighted by molar-refractivity contribution is 0.0563. The lowest BCUT2D eigenvalue weighted by atomic mass is 10.2. The highest BCUT2D eigenvalue weighted by Crippen LogP contribution is 2.11. The number of hydrogen-bond donors (Lipinski definition) is 1. The molecule has 0 aliphatic carbocycles. The number of pyridine rings is 1. The molecule has 0 spiro atoms. The van der Waals surface area contributed by atoms with Gasteiger partial charge in [0, 0.05) is 24.8 Å². The first-order chi connectivity index (χ1) is 8.81. The summed E-state index contributed by atoms with van der Waals surface area (Å²) in [6, 6.07) is 7.48. The van der Waals surface area contributed by atoms with Crippen LogP contribution < -0.4 is 5.32 Å². The molecule has 0 aliphatic heterocycles. The molecule has 0 amide bonds. The van der Waals surface area contributed by atoms with Crippen molar-refractivity contribution in [3.8, 4) is 0 Å². The van der Waals surface area contributed by atoms with Crippen molar-refractivity contribution in [2.45, 2.75) is 13.1 Å². The Balaban J connectivity index is 1.91. The van der Waals surface area contributed by atoms with Gasteiger partial charge in [0.05, 0.1) is 19.1 Å². The molecule has 0 aliphatic rings. The number of furan rings is 1. The van der Waals surface area contributed by atoms with Gasteiger partial charge >= 0.3 is 5.97 Å². The molecule has 0 saturated carbocycles. The van der Waals surface area contributed by atoms with Crippen LogP contribution in [0.1, 0.15) is 21.8 Å². The van der Waals surface area contributed by atoms with Gasteiger partial charge in [-0.05, 0) is 18.2 Å². The Kier molecular flexibility index (Phi) is 4.09. The molecule has 0 atom stereocenters. The Morgan fingerprint density at radius 1 is 1.39 bits per heavy atom. The molecule has 2 aromatic heterocycles. The third-order valence-electron chi connectivity index (χ3n) is 2.47. The molecule has 2 heterocycles. The quantitative estimate of drug-likeness (QED) is 0.814. The summed E-state index contributed by atoms with van der Waals surface area (Å²) in [6.45, 7) is 1.16. The van der Waals surface area contributed by atoms with Crippen molar-refractivity contribution in [2.24, 2.45) is 0 Å². The van der Waals surface area contributed by atoms with Crippen molar-refractivity contribution in [2.75, 3.05) is 7.11 Å². The second-order valence-electron chi connectivity index (χ2n) is 3.69. The van der Waals surface area contributed by atoms with E-state index in [0.29, 0.717) is 13.1 Å². The van der Waals surface area contributed by atoms with E-state index in [0.717, 1.165) is 11.3 Å². The van der Waals surface area contributed by atoms with Crippen molar-refractivity contribution in [1.82, 2.24) is 10.3 Å². The van der Waals surface area contributed by atoms with Gasteiger partial charge in [-0.2, -0.15) is 0 Å². The Morgan fingerprint density at radius 3 is 3.00 bits per heavy atom.